The van der Waals surface area contributed by atoms with E-state index in [-0.39, 0.29) is 0 Å². The summed E-state index contributed by atoms with van der Waals surface area (Å²) in [7, 11) is -3.57. The zero-order chi connectivity index (χ0) is 12.6. The maximum atomic E-state index is 11.4. The van der Waals surface area contributed by atoms with Crippen LogP contribution in [0.3, 0.4) is 0 Å². The summed E-state index contributed by atoms with van der Waals surface area (Å²) in [4.78, 5) is 0. The highest BCUT2D eigenvalue weighted by molar-refractivity contribution is 14.1. The summed E-state index contributed by atoms with van der Waals surface area (Å²) in [6, 6.07) is 6.67. The van der Waals surface area contributed by atoms with Crippen molar-refractivity contribution in [3.8, 4) is 0 Å². The van der Waals surface area contributed by atoms with Crippen molar-refractivity contribution < 1.29 is 13.5 Å². The summed E-state index contributed by atoms with van der Waals surface area (Å²) in [5.41, 5.74) is 0.457. The van der Waals surface area contributed by atoms with Gasteiger partial charge in [0, 0.05) is 10.7 Å². The molecule has 2 atom stereocenters. The van der Waals surface area contributed by atoms with Gasteiger partial charge in [0.05, 0.1) is 0 Å². The SMILES string of the molecule is CS(=O)(=O)[C@](Cl)(I)[C@@H](O)c1ccc(Br)cc1. The standard InChI is InChI=1S/C9H9BrClIO3S/c1-16(14,15)9(11,12)8(13)6-2-4-7(10)5-3-6/h2-5,8,13H,1H3/t8-,9+/m0/s1. The summed E-state index contributed by atoms with van der Waals surface area (Å²) in [6.45, 7) is 0. The lowest BCUT2D eigenvalue weighted by molar-refractivity contribution is 0.188. The molecule has 16 heavy (non-hydrogen) atoms. The number of hydrogen-bond acceptors (Lipinski definition) is 3. The lowest BCUT2D eigenvalue weighted by atomic mass is 10.1. The van der Waals surface area contributed by atoms with E-state index in [4.69, 9.17) is 11.6 Å². The molecule has 0 radical (unpaired) electrons. The molecule has 0 amide bonds. The Balaban J connectivity index is 3.12. The van der Waals surface area contributed by atoms with Gasteiger partial charge in [0.15, 0.2) is 9.84 Å². The molecule has 0 saturated heterocycles. The van der Waals surface area contributed by atoms with Gasteiger partial charge in [0.25, 0.3) is 0 Å². The van der Waals surface area contributed by atoms with Crippen LogP contribution in [0.5, 0.6) is 0 Å². The molecule has 1 aromatic carbocycles. The molecule has 0 fully saturated rings. The van der Waals surface area contributed by atoms with E-state index in [1.54, 1.807) is 24.3 Å². The molecular formula is C9H9BrClIO3S. The van der Waals surface area contributed by atoms with Crippen molar-refractivity contribution >= 4 is 60.0 Å². The number of sulfone groups is 1. The summed E-state index contributed by atoms with van der Waals surface area (Å²) in [5, 5.41) is 9.94. The van der Waals surface area contributed by atoms with Crippen LogP contribution in [0, 0.1) is 0 Å². The van der Waals surface area contributed by atoms with E-state index in [0.29, 0.717) is 5.56 Å². The Morgan fingerprint density at radius 2 is 1.88 bits per heavy atom. The summed E-state index contributed by atoms with van der Waals surface area (Å²) in [5.74, 6) is 0. The summed E-state index contributed by atoms with van der Waals surface area (Å²) >= 11 is 10.7. The van der Waals surface area contributed by atoms with Gasteiger partial charge in [0.1, 0.15) is 6.10 Å². The zero-order valence-electron chi connectivity index (χ0n) is 8.19. The number of hydrogen-bond donors (Lipinski definition) is 1. The van der Waals surface area contributed by atoms with Gasteiger partial charge in [-0.2, -0.15) is 0 Å². The number of aliphatic hydroxyl groups excluding tert-OH is 1. The molecule has 0 aliphatic carbocycles. The maximum absolute atomic E-state index is 11.4. The summed E-state index contributed by atoms with van der Waals surface area (Å²) < 4.78 is 21.9. The third-order valence-electron chi connectivity index (χ3n) is 2.00. The molecule has 0 unspecified atom stereocenters. The highest BCUT2D eigenvalue weighted by Crippen LogP contribution is 2.42. The third kappa shape index (κ3) is 3.10. The van der Waals surface area contributed by atoms with E-state index in [0.717, 1.165) is 10.7 Å². The first-order valence-electron chi connectivity index (χ1n) is 4.17. The van der Waals surface area contributed by atoms with Crippen molar-refractivity contribution in [1.29, 1.82) is 0 Å². The number of benzene rings is 1. The van der Waals surface area contributed by atoms with E-state index >= 15 is 0 Å². The first-order chi connectivity index (χ1) is 7.16. The van der Waals surface area contributed by atoms with Gasteiger partial charge in [-0.1, -0.05) is 39.7 Å². The molecule has 3 nitrogen and oxygen atoms in total. The molecule has 0 aliphatic heterocycles. The second-order valence-corrected chi connectivity index (χ2v) is 10.3. The Morgan fingerprint density at radius 1 is 1.44 bits per heavy atom. The number of aliphatic hydroxyl groups is 1. The molecule has 7 heteroatoms. The van der Waals surface area contributed by atoms with Crippen LogP contribution in [0.4, 0.5) is 0 Å². The van der Waals surface area contributed by atoms with Crippen molar-refractivity contribution in [2.75, 3.05) is 6.26 Å². The summed E-state index contributed by atoms with van der Waals surface area (Å²) in [6.07, 6.45) is -0.285. The molecule has 0 aliphatic rings. The molecule has 1 N–H and O–H groups in total. The highest BCUT2D eigenvalue weighted by Gasteiger charge is 2.43. The lowest BCUT2D eigenvalue weighted by Crippen LogP contribution is -2.31. The second kappa shape index (κ2) is 5.09. The highest BCUT2D eigenvalue weighted by atomic mass is 127. The predicted molar refractivity (Wildman–Crippen MR) is 76.5 cm³/mol. The van der Waals surface area contributed by atoms with Crippen LogP contribution in [0.2, 0.25) is 0 Å². The van der Waals surface area contributed by atoms with Crippen LogP contribution < -0.4 is 0 Å². The Labute approximate surface area is 121 Å². The van der Waals surface area contributed by atoms with Gasteiger partial charge in [-0.25, -0.2) is 8.42 Å². The molecule has 0 aromatic heterocycles. The number of alkyl halides is 2. The predicted octanol–water partition coefficient (Wildman–Crippen LogP) is 2.85. The fourth-order valence-corrected chi connectivity index (χ4v) is 2.33. The van der Waals surface area contributed by atoms with Crippen LogP contribution >= 0.6 is 50.1 Å². The molecule has 1 rings (SSSR count). The number of rotatable bonds is 3. The quantitative estimate of drug-likeness (QED) is 0.582. The second-order valence-electron chi connectivity index (χ2n) is 3.29. The van der Waals surface area contributed by atoms with Crippen molar-refractivity contribution in [3.63, 3.8) is 0 Å². The minimum atomic E-state index is -3.57. The normalized spacial score (nSPS) is 17.8. The Morgan fingerprint density at radius 3 is 2.25 bits per heavy atom. The Hall–Kier alpha value is 0.630. The smallest absolute Gasteiger partial charge is 0.224 e. The maximum Gasteiger partial charge on any atom is 0.224 e. The molecule has 0 heterocycles. The molecule has 1 aromatic rings. The molecule has 0 saturated carbocycles. The topological polar surface area (TPSA) is 54.4 Å². The average Bonchev–Trinajstić information content (AvgIpc) is 2.16. The lowest BCUT2D eigenvalue weighted by Gasteiger charge is -2.24. The first kappa shape index (κ1) is 14.7. The monoisotopic (exact) mass is 438 g/mol. The fraction of sp³-hybridized carbons (Fsp3) is 0.333. The van der Waals surface area contributed by atoms with Crippen molar-refractivity contribution in [2.45, 2.75) is 8.32 Å². The van der Waals surface area contributed by atoms with E-state index in [1.165, 1.54) is 22.6 Å². The zero-order valence-corrected chi connectivity index (χ0v) is 13.5. The van der Waals surface area contributed by atoms with Crippen molar-refractivity contribution in [3.05, 3.63) is 34.3 Å². The largest absolute Gasteiger partial charge is 0.385 e. The molecule has 0 spiro atoms. The van der Waals surface area contributed by atoms with Crippen LogP contribution in [-0.4, -0.2) is 22.0 Å². The van der Waals surface area contributed by atoms with Crippen LogP contribution in [0.1, 0.15) is 11.7 Å². The Kier molecular flexibility index (Phi) is 4.68. The van der Waals surface area contributed by atoms with E-state index in [1.807, 2.05) is 0 Å². The van der Waals surface area contributed by atoms with E-state index in [9.17, 15) is 13.5 Å². The third-order valence-corrected chi connectivity index (χ3v) is 7.78. The Bertz CT molecular complexity index is 472. The van der Waals surface area contributed by atoms with Gasteiger partial charge in [-0.15, -0.1) is 0 Å². The van der Waals surface area contributed by atoms with Crippen molar-refractivity contribution in [2.24, 2.45) is 0 Å². The fourth-order valence-electron chi connectivity index (χ4n) is 1.04. The minimum absolute atomic E-state index is 0.457. The minimum Gasteiger partial charge on any atom is -0.385 e. The average molecular weight is 439 g/mol. The van der Waals surface area contributed by atoms with Gasteiger partial charge in [0.2, 0.25) is 2.21 Å². The number of halogens is 3. The molecule has 0 bridgehead atoms. The first-order valence-corrected chi connectivity index (χ1v) is 8.31. The van der Waals surface area contributed by atoms with E-state index in [2.05, 4.69) is 15.9 Å². The van der Waals surface area contributed by atoms with E-state index < -0.39 is 18.2 Å². The van der Waals surface area contributed by atoms with Crippen LogP contribution in [0.25, 0.3) is 0 Å². The van der Waals surface area contributed by atoms with Gasteiger partial charge < -0.3 is 5.11 Å². The van der Waals surface area contributed by atoms with Gasteiger partial charge >= 0.3 is 0 Å². The van der Waals surface area contributed by atoms with Crippen LogP contribution in [-0.2, 0) is 9.84 Å². The molecular weight excluding hydrogens is 430 g/mol. The molecule has 90 valence electrons. The van der Waals surface area contributed by atoms with Gasteiger partial charge in [-0.05, 0) is 40.3 Å². The van der Waals surface area contributed by atoms with Gasteiger partial charge in [-0.3, -0.25) is 0 Å². The van der Waals surface area contributed by atoms with Crippen molar-refractivity contribution in [1.82, 2.24) is 0 Å². The van der Waals surface area contributed by atoms with Crippen LogP contribution in [0.15, 0.2) is 28.7 Å².